The molecule has 116 valence electrons. The Labute approximate surface area is 124 Å². The number of nitrogens with zero attached hydrogens (tertiary/aromatic N) is 2. The second-order valence-electron chi connectivity index (χ2n) is 6.16. The molecule has 0 aromatic carbocycles. The number of carbonyl (C=O) groups is 2. The van der Waals surface area contributed by atoms with Crippen molar-refractivity contribution in [2.45, 2.75) is 51.9 Å². The van der Waals surface area contributed by atoms with Crippen LogP contribution in [0.3, 0.4) is 0 Å². The van der Waals surface area contributed by atoms with Gasteiger partial charge in [-0.2, -0.15) is 5.10 Å². The van der Waals surface area contributed by atoms with E-state index < -0.39 is 5.97 Å². The van der Waals surface area contributed by atoms with Crippen molar-refractivity contribution in [3.63, 3.8) is 0 Å². The molecule has 0 radical (unpaired) electrons. The molecule has 0 unspecified atom stereocenters. The van der Waals surface area contributed by atoms with E-state index in [1.165, 1.54) is 0 Å². The molecule has 6 heteroatoms. The summed E-state index contributed by atoms with van der Waals surface area (Å²) in [5.41, 5.74) is 1.08. The molecule has 2 N–H and O–H groups in total. The van der Waals surface area contributed by atoms with Crippen molar-refractivity contribution in [2.75, 3.05) is 5.32 Å². The summed E-state index contributed by atoms with van der Waals surface area (Å²) in [4.78, 5) is 23.4. The van der Waals surface area contributed by atoms with Gasteiger partial charge in [0.1, 0.15) is 0 Å². The molecule has 0 bridgehead atoms. The van der Waals surface area contributed by atoms with Crippen LogP contribution in [0.4, 0.5) is 5.69 Å². The lowest BCUT2D eigenvalue weighted by Crippen LogP contribution is -2.32. The van der Waals surface area contributed by atoms with E-state index in [0.717, 1.165) is 37.8 Å². The minimum Gasteiger partial charge on any atom is -0.481 e. The summed E-state index contributed by atoms with van der Waals surface area (Å²) in [7, 11) is 1.80. The predicted octanol–water partition coefficient (Wildman–Crippen LogP) is 2.48. The van der Waals surface area contributed by atoms with Crippen LogP contribution in [0.5, 0.6) is 0 Å². The molecule has 1 amide bonds. The monoisotopic (exact) mass is 293 g/mol. The van der Waals surface area contributed by atoms with Crippen molar-refractivity contribution in [2.24, 2.45) is 12.5 Å². The molecule has 1 aromatic rings. The average Bonchev–Trinajstić information content (AvgIpc) is 2.67. The zero-order valence-corrected chi connectivity index (χ0v) is 12.7. The first-order valence-corrected chi connectivity index (χ1v) is 7.42. The van der Waals surface area contributed by atoms with Gasteiger partial charge in [-0.3, -0.25) is 14.3 Å². The Morgan fingerprint density at radius 2 is 2.00 bits per heavy atom. The van der Waals surface area contributed by atoms with E-state index in [1.807, 2.05) is 6.92 Å². The van der Waals surface area contributed by atoms with Crippen LogP contribution < -0.4 is 5.32 Å². The van der Waals surface area contributed by atoms with Crippen molar-refractivity contribution < 1.29 is 14.7 Å². The molecule has 1 aromatic heterocycles. The van der Waals surface area contributed by atoms with E-state index in [-0.39, 0.29) is 24.2 Å². The van der Waals surface area contributed by atoms with Gasteiger partial charge in [-0.15, -0.1) is 0 Å². The first kappa shape index (κ1) is 15.5. The number of aromatic nitrogens is 2. The smallest absolute Gasteiger partial charge is 0.303 e. The molecule has 1 saturated carbocycles. The number of amides is 1. The molecule has 1 aliphatic carbocycles. The van der Waals surface area contributed by atoms with Gasteiger partial charge in [-0.25, -0.2) is 0 Å². The molecular formula is C15H23N3O3. The molecule has 0 spiro atoms. The van der Waals surface area contributed by atoms with Gasteiger partial charge >= 0.3 is 5.97 Å². The number of hydrogen-bond donors (Lipinski definition) is 2. The summed E-state index contributed by atoms with van der Waals surface area (Å²) in [6.45, 7) is 1.84. The van der Waals surface area contributed by atoms with Crippen LogP contribution in [0, 0.1) is 12.3 Å². The highest BCUT2D eigenvalue weighted by molar-refractivity contribution is 5.91. The lowest BCUT2D eigenvalue weighted by molar-refractivity contribution is -0.140. The average molecular weight is 293 g/mol. The number of aliphatic carboxylic acids is 1. The molecule has 1 heterocycles. The fraction of sp³-hybridized carbons (Fsp3) is 0.667. The summed E-state index contributed by atoms with van der Waals surface area (Å²) in [6, 6.07) is 0. The van der Waals surface area contributed by atoms with Crippen LogP contribution in [0.25, 0.3) is 0 Å². The van der Waals surface area contributed by atoms with Crippen LogP contribution in [0.1, 0.15) is 50.6 Å². The Morgan fingerprint density at radius 3 is 2.52 bits per heavy atom. The van der Waals surface area contributed by atoms with Gasteiger partial charge < -0.3 is 10.4 Å². The summed E-state index contributed by atoms with van der Waals surface area (Å²) in [5, 5.41) is 16.2. The number of carboxylic acids is 1. The highest BCUT2D eigenvalue weighted by Gasteiger charge is 2.36. The Bertz CT molecular complexity index is 530. The van der Waals surface area contributed by atoms with Crippen LogP contribution in [0.15, 0.2) is 6.20 Å². The Kier molecular flexibility index (Phi) is 4.65. The van der Waals surface area contributed by atoms with Gasteiger partial charge in [-0.1, -0.05) is 19.3 Å². The minimum atomic E-state index is -0.817. The predicted molar refractivity (Wildman–Crippen MR) is 79.0 cm³/mol. The highest BCUT2D eigenvalue weighted by atomic mass is 16.4. The van der Waals surface area contributed by atoms with Crippen LogP contribution in [-0.2, 0) is 16.6 Å². The lowest BCUT2D eigenvalue weighted by Gasteiger charge is -2.35. The molecule has 0 saturated heterocycles. The fourth-order valence-corrected chi connectivity index (χ4v) is 3.30. The third kappa shape index (κ3) is 4.06. The second kappa shape index (κ2) is 6.28. The van der Waals surface area contributed by atoms with Crippen molar-refractivity contribution in [1.82, 2.24) is 9.78 Å². The third-order valence-electron chi connectivity index (χ3n) is 4.26. The van der Waals surface area contributed by atoms with E-state index in [4.69, 9.17) is 5.11 Å². The summed E-state index contributed by atoms with van der Waals surface area (Å²) < 4.78 is 1.65. The van der Waals surface area contributed by atoms with Gasteiger partial charge in [0.2, 0.25) is 5.91 Å². The Balaban J connectivity index is 2.04. The Hall–Kier alpha value is -1.85. The van der Waals surface area contributed by atoms with E-state index in [1.54, 1.807) is 17.9 Å². The third-order valence-corrected chi connectivity index (χ3v) is 4.26. The SMILES string of the molecule is Cc1nn(C)cc1NC(=O)CC1(CC(=O)O)CCCCC1. The lowest BCUT2D eigenvalue weighted by atomic mass is 9.69. The minimum absolute atomic E-state index is 0.0758. The normalized spacial score (nSPS) is 17.4. The summed E-state index contributed by atoms with van der Waals surface area (Å²) >= 11 is 0. The molecule has 0 atom stereocenters. The molecule has 2 rings (SSSR count). The second-order valence-corrected chi connectivity index (χ2v) is 6.16. The van der Waals surface area contributed by atoms with E-state index in [2.05, 4.69) is 10.4 Å². The van der Waals surface area contributed by atoms with Crippen molar-refractivity contribution in [1.29, 1.82) is 0 Å². The standard InChI is InChI=1S/C15H23N3O3/c1-11-12(10-18(2)17-11)16-13(19)8-15(9-14(20)21)6-4-3-5-7-15/h10H,3-9H2,1-2H3,(H,16,19)(H,20,21). The van der Waals surface area contributed by atoms with Crippen LogP contribution in [-0.4, -0.2) is 26.8 Å². The van der Waals surface area contributed by atoms with Gasteiger partial charge in [0.25, 0.3) is 0 Å². The van der Waals surface area contributed by atoms with Crippen molar-refractivity contribution in [3.8, 4) is 0 Å². The zero-order chi connectivity index (χ0) is 15.5. The largest absolute Gasteiger partial charge is 0.481 e. The molecule has 6 nitrogen and oxygen atoms in total. The van der Waals surface area contributed by atoms with Crippen molar-refractivity contribution >= 4 is 17.6 Å². The van der Waals surface area contributed by atoms with Gasteiger partial charge in [0.15, 0.2) is 0 Å². The maximum atomic E-state index is 12.3. The molecule has 21 heavy (non-hydrogen) atoms. The number of nitrogens with one attached hydrogen (secondary N) is 1. The quantitative estimate of drug-likeness (QED) is 0.873. The first-order valence-electron chi connectivity index (χ1n) is 7.42. The topological polar surface area (TPSA) is 84.2 Å². The molecular weight excluding hydrogens is 270 g/mol. The number of carboxylic acid groups (broad SMARTS) is 1. The number of anilines is 1. The zero-order valence-electron chi connectivity index (χ0n) is 12.7. The van der Waals surface area contributed by atoms with Gasteiger partial charge in [0, 0.05) is 19.7 Å². The van der Waals surface area contributed by atoms with E-state index in [9.17, 15) is 9.59 Å². The number of hydrogen-bond acceptors (Lipinski definition) is 3. The molecule has 1 fully saturated rings. The van der Waals surface area contributed by atoms with Crippen LogP contribution in [0.2, 0.25) is 0 Å². The molecule has 1 aliphatic rings. The number of aryl methyl sites for hydroxylation is 2. The number of carbonyl (C=O) groups excluding carboxylic acids is 1. The van der Waals surface area contributed by atoms with Crippen molar-refractivity contribution in [3.05, 3.63) is 11.9 Å². The maximum Gasteiger partial charge on any atom is 0.303 e. The van der Waals surface area contributed by atoms with E-state index >= 15 is 0 Å². The highest BCUT2D eigenvalue weighted by Crippen LogP contribution is 2.42. The maximum absolute atomic E-state index is 12.3. The Morgan fingerprint density at radius 1 is 1.33 bits per heavy atom. The van der Waals surface area contributed by atoms with Gasteiger partial charge in [0.05, 0.1) is 17.8 Å². The fourth-order valence-electron chi connectivity index (χ4n) is 3.30. The first-order chi connectivity index (χ1) is 9.90. The van der Waals surface area contributed by atoms with E-state index in [0.29, 0.717) is 5.69 Å². The number of rotatable bonds is 5. The summed E-state index contributed by atoms with van der Waals surface area (Å²) in [6.07, 6.45) is 6.89. The van der Waals surface area contributed by atoms with Gasteiger partial charge in [-0.05, 0) is 25.2 Å². The summed E-state index contributed by atoms with van der Waals surface area (Å²) in [5.74, 6) is -0.934. The van der Waals surface area contributed by atoms with Crippen LogP contribution >= 0.6 is 0 Å². The molecule has 0 aliphatic heterocycles.